The molecule has 0 aliphatic rings. The monoisotopic (exact) mass is 244 g/mol. The van der Waals surface area contributed by atoms with Crippen LogP contribution in [0.4, 0.5) is 5.69 Å². The summed E-state index contributed by atoms with van der Waals surface area (Å²) in [5.41, 5.74) is 6.83. The Morgan fingerprint density at radius 1 is 1.31 bits per heavy atom. The molecule has 0 radical (unpaired) electrons. The quantitative estimate of drug-likeness (QED) is 0.558. The number of benzene rings is 1. The number of nitrogens with one attached hydrogen (secondary N) is 1. The number of nitrogen functional groups attached to an aromatic ring is 1. The Labute approximate surface area is 95.7 Å². The average molecular weight is 244 g/mol. The van der Waals surface area contributed by atoms with Gasteiger partial charge in [0.15, 0.2) is 0 Å². The number of hydrogen-bond donors (Lipinski definition) is 2. The van der Waals surface area contributed by atoms with Crippen molar-refractivity contribution in [3.63, 3.8) is 0 Å². The van der Waals surface area contributed by atoms with Crippen LogP contribution >= 0.6 is 0 Å². The first-order valence-electron chi connectivity index (χ1n) is 4.84. The van der Waals surface area contributed by atoms with Gasteiger partial charge in [-0.15, -0.1) is 0 Å². The van der Waals surface area contributed by atoms with Crippen LogP contribution in [0.1, 0.15) is 5.56 Å². The third kappa shape index (κ3) is 4.61. The molecule has 0 aliphatic heterocycles. The second-order valence-electron chi connectivity index (χ2n) is 3.39. The van der Waals surface area contributed by atoms with Crippen LogP contribution in [0.3, 0.4) is 0 Å². The molecule has 0 bridgehead atoms. The maximum absolute atomic E-state index is 11.6. The van der Waals surface area contributed by atoms with Crippen molar-refractivity contribution >= 4 is 15.7 Å². The van der Waals surface area contributed by atoms with E-state index in [2.05, 4.69) is 4.72 Å². The summed E-state index contributed by atoms with van der Waals surface area (Å²) in [5.74, 6) is -0.0446. The molecular formula is C10H16N2O3S. The summed E-state index contributed by atoms with van der Waals surface area (Å²) in [7, 11) is -1.77. The van der Waals surface area contributed by atoms with Crippen molar-refractivity contribution in [3.8, 4) is 0 Å². The van der Waals surface area contributed by atoms with Gasteiger partial charge < -0.3 is 10.5 Å². The fourth-order valence-electron chi connectivity index (χ4n) is 1.18. The van der Waals surface area contributed by atoms with Crippen LogP contribution in [0.5, 0.6) is 0 Å². The molecule has 5 nitrogen and oxygen atoms in total. The van der Waals surface area contributed by atoms with Gasteiger partial charge in [0.1, 0.15) is 0 Å². The van der Waals surface area contributed by atoms with Crippen LogP contribution in [0.2, 0.25) is 0 Å². The molecule has 16 heavy (non-hydrogen) atoms. The lowest BCUT2D eigenvalue weighted by molar-refractivity contribution is 0.204. The van der Waals surface area contributed by atoms with Gasteiger partial charge in [-0.25, -0.2) is 13.1 Å². The van der Waals surface area contributed by atoms with E-state index in [-0.39, 0.29) is 12.3 Å². The maximum atomic E-state index is 11.6. The number of nitrogens with two attached hydrogens (primary N) is 1. The summed E-state index contributed by atoms with van der Waals surface area (Å²) in [4.78, 5) is 0. The fraction of sp³-hybridized carbons (Fsp3) is 0.400. The Kier molecular flexibility index (Phi) is 4.72. The lowest BCUT2D eigenvalue weighted by Gasteiger charge is -2.06. The molecule has 0 atom stereocenters. The van der Waals surface area contributed by atoms with Gasteiger partial charge in [-0.2, -0.15) is 0 Å². The van der Waals surface area contributed by atoms with Crippen LogP contribution < -0.4 is 10.5 Å². The molecule has 0 aliphatic carbocycles. The highest BCUT2D eigenvalue weighted by atomic mass is 32.2. The molecule has 0 saturated carbocycles. The van der Waals surface area contributed by atoms with Gasteiger partial charge in [-0.1, -0.05) is 12.1 Å². The zero-order chi connectivity index (χ0) is 12.0. The van der Waals surface area contributed by atoms with Crippen LogP contribution in [0, 0.1) is 0 Å². The van der Waals surface area contributed by atoms with Gasteiger partial charge in [0.2, 0.25) is 10.0 Å². The Morgan fingerprint density at radius 2 is 1.94 bits per heavy atom. The third-order valence-electron chi connectivity index (χ3n) is 1.96. The van der Waals surface area contributed by atoms with Gasteiger partial charge >= 0.3 is 0 Å². The largest absolute Gasteiger partial charge is 0.399 e. The molecule has 0 heterocycles. The second-order valence-corrected chi connectivity index (χ2v) is 5.19. The number of rotatable bonds is 6. The highest BCUT2D eigenvalue weighted by Crippen LogP contribution is 2.08. The van der Waals surface area contributed by atoms with E-state index in [1.54, 1.807) is 24.3 Å². The Balaban J connectivity index is 2.55. The lowest BCUT2D eigenvalue weighted by Crippen LogP contribution is -2.28. The number of anilines is 1. The topological polar surface area (TPSA) is 81.4 Å². The minimum Gasteiger partial charge on any atom is -0.399 e. The molecule has 6 heteroatoms. The second kappa shape index (κ2) is 5.83. The number of ether oxygens (including phenoxy) is 1. The minimum absolute atomic E-state index is 0.0446. The van der Waals surface area contributed by atoms with Crippen molar-refractivity contribution in [1.82, 2.24) is 4.72 Å². The molecule has 0 amide bonds. The predicted octanol–water partition coefficient (Wildman–Crippen LogP) is 0.335. The lowest BCUT2D eigenvalue weighted by atomic mass is 10.2. The van der Waals surface area contributed by atoms with E-state index < -0.39 is 10.0 Å². The summed E-state index contributed by atoms with van der Waals surface area (Å²) in [6.45, 7) is 0.648. The first-order valence-corrected chi connectivity index (χ1v) is 6.49. The average Bonchev–Trinajstić information content (AvgIpc) is 2.21. The van der Waals surface area contributed by atoms with Crippen molar-refractivity contribution in [2.75, 3.05) is 26.0 Å². The number of sulfonamides is 1. The van der Waals surface area contributed by atoms with E-state index in [1.165, 1.54) is 7.11 Å². The Hall–Kier alpha value is -1.11. The van der Waals surface area contributed by atoms with E-state index in [0.717, 1.165) is 0 Å². The van der Waals surface area contributed by atoms with Crippen molar-refractivity contribution in [2.45, 2.75) is 5.75 Å². The van der Waals surface area contributed by atoms with Gasteiger partial charge in [0.25, 0.3) is 0 Å². The third-order valence-corrected chi connectivity index (χ3v) is 3.32. The summed E-state index contributed by atoms with van der Waals surface area (Å²) < 4.78 is 30.3. The standard InChI is InChI=1S/C10H16N2O3S/c1-15-7-6-12-16(13,14)8-9-2-4-10(11)5-3-9/h2-5,12H,6-8,11H2,1H3. The van der Waals surface area contributed by atoms with Crippen LogP contribution in [0.15, 0.2) is 24.3 Å². The molecule has 1 rings (SSSR count). The van der Waals surface area contributed by atoms with Crippen LogP contribution in [0.25, 0.3) is 0 Å². The molecule has 0 spiro atoms. The minimum atomic E-state index is -3.29. The van der Waals surface area contributed by atoms with Gasteiger partial charge in [0.05, 0.1) is 12.4 Å². The zero-order valence-electron chi connectivity index (χ0n) is 9.14. The molecular weight excluding hydrogens is 228 g/mol. The summed E-state index contributed by atoms with van der Waals surface area (Å²) in [6, 6.07) is 6.76. The Bertz CT molecular complexity index is 414. The SMILES string of the molecule is COCCNS(=O)(=O)Cc1ccc(N)cc1. The van der Waals surface area contributed by atoms with Crippen molar-refractivity contribution in [1.29, 1.82) is 0 Å². The molecule has 0 aromatic heterocycles. The predicted molar refractivity (Wildman–Crippen MR) is 63.4 cm³/mol. The molecule has 3 N–H and O–H groups in total. The molecule has 0 saturated heterocycles. The van der Waals surface area contributed by atoms with Gasteiger partial charge in [-0.05, 0) is 17.7 Å². The van der Waals surface area contributed by atoms with E-state index in [0.29, 0.717) is 17.9 Å². The van der Waals surface area contributed by atoms with Crippen molar-refractivity contribution in [3.05, 3.63) is 29.8 Å². The number of hydrogen-bond acceptors (Lipinski definition) is 4. The highest BCUT2D eigenvalue weighted by Gasteiger charge is 2.10. The number of methoxy groups -OCH3 is 1. The Morgan fingerprint density at radius 3 is 2.50 bits per heavy atom. The fourth-order valence-corrected chi connectivity index (χ4v) is 2.31. The zero-order valence-corrected chi connectivity index (χ0v) is 9.96. The molecule has 1 aromatic carbocycles. The maximum Gasteiger partial charge on any atom is 0.215 e. The summed E-state index contributed by atoms with van der Waals surface area (Å²) >= 11 is 0. The molecule has 0 unspecified atom stereocenters. The molecule has 0 fully saturated rings. The van der Waals surface area contributed by atoms with E-state index in [9.17, 15) is 8.42 Å². The first-order chi connectivity index (χ1) is 7.53. The van der Waals surface area contributed by atoms with Crippen molar-refractivity contribution in [2.24, 2.45) is 0 Å². The van der Waals surface area contributed by atoms with E-state index in [1.807, 2.05) is 0 Å². The summed E-state index contributed by atoms with van der Waals surface area (Å²) in [6.07, 6.45) is 0. The van der Waals surface area contributed by atoms with Crippen molar-refractivity contribution < 1.29 is 13.2 Å². The first kappa shape index (κ1) is 13.0. The van der Waals surface area contributed by atoms with Gasteiger partial charge in [0, 0.05) is 19.3 Å². The highest BCUT2D eigenvalue weighted by molar-refractivity contribution is 7.88. The summed E-state index contributed by atoms with van der Waals surface area (Å²) in [5, 5.41) is 0. The van der Waals surface area contributed by atoms with E-state index >= 15 is 0 Å². The van der Waals surface area contributed by atoms with E-state index in [4.69, 9.17) is 10.5 Å². The van der Waals surface area contributed by atoms with Crippen LogP contribution in [-0.4, -0.2) is 28.7 Å². The smallest absolute Gasteiger partial charge is 0.215 e. The van der Waals surface area contributed by atoms with Gasteiger partial charge in [-0.3, -0.25) is 0 Å². The van der Waals surface area contributed by atoms with Crippen LogP contribution in [-0.2, 0) is 20.5 Å². The normalized spacial score (nSPS) is 11.6. The molecule has 1 aromatic rings. The molecule has 90 valence electrons.